The molecule has 3 rings (SSSR count). The van der Waals surface area contributed by atoms with Gasteiger partial charge in [0.05, 0.1) is 12.6 Å². The molecule has 0 saturated carbocycles. The monoisotopic (exact) mass is 348 g/mol. The number of methoxy groups -OCH3 is 1. The smallest absolute Gasteiger partial charge is 0.276 e. The van der Waals surface area contributed by atoms with Gasteiger partial charge in [-0.25, -0.2) is 9.37 Å². The molecule has 1 amide bonds. The maximum Gasteiger partial charge on any atom is 0.276 e. The normalized spacial score (nSPS) is 17.5. The zero-order chi connectivity index (χ0) is 17.6. The minimum atomic E-state index is -0.380. The first-order chi connectivity index (χ1) is 12.2. The van der Waals surface area contributed by atoms with Crippen molar-refractivity contribution in [2.24, 2.45) is 0 Å². The number of hydrogen-bond acceptors (Lipinski definition) is 5. The highest BCUT2D eigenvalue weighted by Crippen LogP contribution is 2.20. The zero-order valence-corrected chi connectivity index (χ0v) is 14.1. The van der Waals surface area contributed by atoms with Crippen LogP contribution in [-0.4, -0.2) is 42.1 Å². The molecular formula is C18H21FN2O4. The Hall–Kier alpha value is -2.41. The first kappa shape index (κ1) is 17.4. The molecule has 7 heteroatoms. The van der Waals surface area contributed by atoms with E-state index < -0.39 is 0 Å². The number of halogens is 1. The van der Waals surface area contributed by atoms with Gasteiger partial charge in [-0.2, -0.15) is 0 Å². The van der Waals surface area contributed by atoms with Gasteiger partial charge in [-0.15, -0.1) is 0 Å². The van der Waals surface area contributed by atoms with Gasteiger partial charge in [0.2, 0.25) is 5.89 Å². The van der Waals surface area contributed by atoms with Crippen molar-refractivity contribution in [2.75, 3.05) is 20.3 Å². The van der Waals surface area contributed by atoms with Crippen LogP contribution >= 0.6 is 0 Å². The van der Waals surface area contributed by atoms with Crippen LogP contribution in [0, 0.1) is 5.82 Å². The molecule has 1 aliphatic heterocycles. The van der Waals surface area contributed by atoms with E-state index in [0.717, 1.165) is 19.3 Å². The molecule has 0 bridgehead atoms. The quantitative estimate of drug-likeness (QED) is 0.803. The summed E-state index contributed by atoms with van der Waals surface area (Å²) in [4.78, 5) is 18.7. The number of carbonyl (C=O) groups excluding carboxylic acids is 1. The van der Waals surface area contributed by atoms with Gasteiger partial charge in [0, 0.05) is 19.7 Å². The lowest BCUT2D eigenvalue weighted by Crippen LogP contribution is -2.46. The molecule has 1 aliphatic rings. The molecule has 25 heavy (non-hydrogen) atoms. The predicted molar refractivity (Wildman–Crippen MR) is 87.8 cm³/mol. The summed E-state index contributed by atoms with van der Waals surface area (Å²) in [5.74, 6) is 0.104. The molecule has 0 spiro atoms. The van der Waals surface area contributed by atoms with Crippen LogP contribution in [0.15, 0.2) is 34.9 Å². The van der Waals surface area contributed by atoms with Crippen LogP contribution in [0.5, 0.6) is 5.75 Å². The van der Waals surface area contributed by atoms with Crippen LogP contribution < -0.4 is 4.74 Å². The Morgan fingerprint density at radius 3 is 3.12 bits per heavy atom. The van der Waals surface area contributed by atoms with Crippen LogP contribution in [-0.2, 0) is 11.3 Å². The van der Waals surface area contributed by atoms with Crippen molar-refractivity contribution in [1.29, 1.82) is 0 Å². The largest absolute Gasteiger partial charge is 0.484 e. The molecule has 2 heterocycles. The number of carbonyl (C=O) groups is 1. The van der Waals surface area contributed by atoms with Crippen molar-refractivity contribution in [3.05, 3.63) is 47.9 Å². The van der Waals surface area contributed by atoms with E-state index in [0.29, 0.717) is 18.9 Å². The molecule has 1 aromatic heterocycles. The number of hydrogen-bond donors (Lipinski definition) is 0. The molecule has 0 aliphatic carbocycles. The third-order valence-corrected chi connectivity index (χ3v) is 4.18. The van der Waals surface area contributed by atoms with Crippen LogP contribution in [0.1, 0.15) is 35.6 Å². The Morgan fingerprint density at radius 2 is 2.32 bits per heavy atom. The number of likely N-dealkylation sites (tertiary alicyclic amines) is 1. The highest BCUT2D eigenvalue weighted by Gasteiger charge is 2.29. The second-order valence-corrected chi connectivity index (χ2v) is 5.98. The molecule has 0 N–H and O–H groups in total. The molecule has 1 aromatic carbocycles. The van der Waals surface area contributed by atoms with E-state index in [1.165, 1.54) is 18.4 Å². The summed E-state index contributed by atoms with van der Waals surface area (Å²) in [6.07, 6.45) is 4.32. The number of nitrogens with zero attached hydrogens (tertiary/aromatic N) is 2. The SMILES string of the molecule is COC[C@@H]1CCCCN1C(=O)c1coc(COc2cccc(F)c2)n1. The third-order valence-electron chi connectivity index (χ3n) is 4.18. The van der Waals surface area contributed by atoms with E-state index in [1.807, 2.05) is 0 Å². The first-order valence-corrected chi connectivity index (χ1v) is 8.30. The maximum absolute atomic E-state index is 13.1. The van der Waals surface area contributed by atoms with E-state index in [1.54, 1.807) is 24.1 Å². The van der Waals surface area contributed by atoms with Gasteiger partial charge in [0.25, 0.3) is 5.91 Å². The van der Waals surface area contributed by atoms with Crippen molar-refractivity contribution >= 4 is 5.91 Å². The summed E-state index contributed by atoms with van der Waals surface area (Å²) >= 11 is 0. The summed E-state index contributed by atoms with van der Waals surface area (Å²) in [6.45, 7) is 1.23. The minimum Gasteiger partial charge on any atom is -0.484 e. The summed E-state index contributed by atoms with van der Waals surface area (Å²) < 4.78 is 29.1. The number of piperidine rings is 1. The summed E-state index contributed by atoms with van der Waals surface area (Å²) in [6, 6.07) is 5.87. The molecule has 1 atom stereocenters. The Bertz CT molecular complexity index is 717. The van der Waals surface area contributed by atoms with Gasteiger partial charge in [-0.3, -0.25) is 4.79 Å². The second-order valence-electron chi connectivity index (χ2n) is 5.98. The first-order valence-electron chi connectivity index (χ1n) is 8.30. The van der Waals surface area contributed by atoms with E-state index in [-0.39, 0.29) is 36.0 Å². The van der Waals surface area contributed by atoms with E-state index in [9.17, 15) is 9.18 Å². The van der Waals surface area contributed by atoms with Crippen LogP contribution in [0.3, 0.4) is 0 Å². The average molecular weight is 348 g/mol. The highest BCUT2D eigenvalue weighted by atomic mass is 19.1. The van der Waals surface area contributed by atoms with Crippen molar-refractivity contribution in [1.82, 2.24) is 9.88 Å². The summed E-state index contributed by atoms with van der Waals surface area (Å²) in [5, 5.41) is 0. The van der Waals surface area contributed by atoms with Crippen LogP contribution in [0.4, 0.5) is 4.39 Å². The summed E-state index contributed by atoms with van der Waals surface area (Å²) in [5.41, 5.74) is 0.251. The van der Waals surface area contributed by atoms with Gasteiger partial charge in [0.15, 0.2) is 12.3 Å². The van der Waals surface area contributed by atoms with Crippen LogP contribution in [0.2, 0.25) is 0 Å². The minimum absolute atomic E-state index is 0.0260. The number of rotatable bonds is 6. The molecule has 1 fully saturated rings. The highest BCUT2D eigenvalue weighted by molar-refractivity contribution is 5.92. The number of aromatic nitrogens is 1. The van der Waals surface area contributed by atoms with Gasteiger partial charge < -0.3 is 18.8 Å². The molecular weight excluding hydrogens is 327 g/mol. The topological polar surface area (TPSA) is 64.8 Å². The maximum atomic E-state index is 13.1. The number of oxazole rings is 1. The molecule has 0 radical (unpaired) electrons. The second kappa shape index (κ2) is 8.11. The fraction of sp³-hybridized carbons (Fsp3) is 0.444. The van der Waals surface area contributed by atoms with E-state index >= 15 is 0 Å². The van der Waals surface area contributed by atoms with Crippen molar-refractivity contribution in [3.63, 3.8) is 0 Å². The Morgan fingerprint density at radius 1 is 1.44 bits per heavy atom. The van der Waals surface area contributed by atoms with Crippen LogP contribution in [0.25, 0.3) is 0 Å². The van der Waals surface area contributed by atoms with Gasteiger partial charge in [-0.1, -0.05) is 6.07 Å². The van der Waals surface area contributed by atoms with E-state index in [2.05, 4.69) is 4.98 Å². The van der Waals surface area contributed by atoms with Gasteiger partial charge >= 0.3 is 0 Å². The lowest BCUT2D eigenvalue weighted by molar-refractivity contribution is 0.0423. The van der Waals surface area contributed by atoms with Gasteiger partial charge in [-0.05, 0) is 31.4 Å². The molecule has 2 aromatic rings. The third kappa shape index (κ3) is 4.36. The van der Waals surface area contributed by atoms with Crippen molar-refractivity contribution < 1.29 is 23.1 Å². The van der Waals surface area contributed by atoms with Crippen molar-refractivity contribution in [3.8, 4) is 5.75 Å². The lowest BCUT2D eigenvalue weighted by Gasteiger charge is -2.34. The Kier molecular flexibility index (Phi) is 5.65. The Balaban J connectivity index is 1.62. The fourth-order valence-electron chi connectivity index (χ4n) is 2.96. The average Bonchev–Trinajstić information content (AvgIpc) is 3.09. The van der Waals surface area contributed by atoms with E-state index in [4.69, 9.17) is 13.9 Å². The molecule has 1 saturated heterocycles. The Labute approximate surface area is 145 Å². The standard InChI is InChI=1S/C18H21FN2O4/c1-23-10-14-6-2-3-8-21(14)18(22)16-11-25-17(20-16)12-24-15-7-4-5-13(19)9-15/h4-5,7,9,11,14H,2-3,6,8,10,12H2,1H3/t14-/m0/s1. The fourth-order valence-corrected chi connectivity index (χ4v) is 2.96. The predicted octanol–water partition coefficient (Wildman–Crippen LogP) is 3.03. The molecule has 6 nitrogen and oxygen atoms in total. The number of amides is 1. The number of benzene rings is 1. The number of ether oxygens (including phenoxy) is 2. The molecule has 0 unspecified atom stereocenters. The summed E-state index contributed by atoms with van der Waals surface area (Å²) in [7, 11) is 1.63. The van der Waals surface area contributed by atoms with Gasteiger partial charge in [0.1, 0.15) is 17.8 Å². The molecule has 134 valence electrons. The zero-order valence-electron chi connectivity index (χ0n) is 14.1. The lowest BCUT2D eigenvalue weighted by atomic mass is 10.0. The van der Waals surface area contributed by atoms with Crippen molar-refractivity contribution in [2.45, 2.75) is 31.9 Å².